The van der Waals surface area contributed by atoms with Gasteiger partial charge in [0.1, 0.15) is 0 Å². The van der Waals surface area contributed by atoms with Gasteiger partial charge in [-0.15, -0.1) is 0 Å². The fraction of sp³-hybridized carbons (Fsp3) is 0.769. The van der Waals surface area contributed by atoms with Crippen LogP contribution in [-0.2, 0) is 19.4 Å². The lowest BCUT2D eigenvalue weighted by molar-refractivity contribution is 0.446. The van der Waals surface area contributed by atoms with Crippen molar-refractivity contribution in [3.8, 4) is 0 Å². The second-order valence-electron chi connectivity index (χ2n) is 5.02. The van der Waals surface area contributed by atoms with E-state index in [1.807, 2.05) is 0 Å². The van der Waals surface area contributed by atoms with Gasteiger partial charge in [-0.2, -0.15) is 5.10 Å². The Hall–Kier alpha value is -0.830. The molecule has 1 saturated heterocycles. The van der Waals surface area contributed by atoms with Gasteiger partial charge < -0.3 is 5.32 Å². The Balaban J connectivity index is 1.94. The van der Waals surface area contributed by atoms with Crippen molar-refractivity contribution in [3.63, 3.8) is 0 Å². The van der Waals surface area contributed by atoms with Gasteiger partial charge in [0.15, 0.2) is 0 Å². The zero-order chi connectivity index (χ0) is 11.0. The van der Waals surface area contributed by atoms with Gasteiger partial charge in [-0.05, 0) is 51.1 Å². The van der Waals surface area contributed by atoms with E-state index in [1.54, 1.807) is 5.56 Å². The Kier molecular flexibility index (Phi) is 2.72. The van der Waals surface area contributed by atoms with Gasteiger partial charge in [0.2, 0.25) is 0 Å². The normalized spacial score (nSPS) is 24.7. The summed E-state index contributed by atoms with van der Waals surface area (Å²) in [7, 11) is 0. The van der Waals surface area contributed by atoms with Gasteiger partial charge in [0, 0.05) is 24.7 Å². The van der Waals surface area contributed by atoms with E-state index in [0.29, 0.717) is 5.92 Å². The van der Waals surface area contributed by atoms with E-state index in [9.17, 15) is 0 Å². The van der Waals surface area contributed by atoms with Crippen LogP contribution in [-0.4, -0.2) is 22.9 Å². The van der Waals surface area contributed by atoms with Gasteiger partial charge in [-0.1, -0.05) is 0 Å². The SMILES string of the molecule is CCn1nc([C@@H]2CCCNC2)c2c1CCC2. The number of rotatable bonds is 2. The third-order valence-corrected chi connectivity index (χ3v) is 4.02. The first kappa shape index (κ1) is 10.3. The van der Waals surface area contributed by atoms with Crippen LogP contribution in [0.5, 0.6) is 0 Å². The standard InChI is InChI=1S/C13H21N3/c1-2-16-12-7-3-6-11(12)13(15-16)10-5-4-8-14-9-10/h10,14H,2-9H2,1H3/t10-/m1/s1. The summed E-state index contributed by atoms with van der Waals surface area (Å²) in [6.07, 6.45) is 6.47. The highest BCUT2D eigenvalue weighted by atomic mass is 15.3. The van der Waals surface area contributed by atoms with Crippen LogP contribution >= 0.6 is 0 Å². The van der Waals surface area contributed by atoms with Crippen molar-refractivity contribution in [2.75, 3.05) is 13.1 Å². The number of hydrogen-bond donors (Lipinski definition) is 1. The van der Waals surface area contributed by atoms with Crippen LogP contribution in [0.4, 0.5) is 0 Å². The number of piperidine rings is 1. The van der Waals surface area contributed by atoms with Crippen LogP contribution in [0.1, 0.15) is 49.1 Å². The average Bonchev–Trinajstić information content (AvgIpc) is 2.91. The monoisotopic (exact) mass is 219 g/mol. The fourth-order valence-corrected chi connectivity index (χ4v) is 3.21. The van der Waals surface area contributed by atoms with Crippen LogP contribution < -0.4 is 5.32 Å². The molecule has 0 amide bonds. The van der Waals surface area contributed by atoms with Crippen molar-refractivity contribution in [1.29, 1.82) is 0 Å². The highest BCUT2D eigenvalue weighted by Crippen LogP contribution is 2.32. The summed E-state index contributed by atoms with van der Waals surface area (Å²) in [5, 5.41) is 8.35. The van der Waals surface area contributed by atoms with Crippen molar-refractivity contribution >= 4 is 0 Å². The van der Waals surface area contributed by atoms with E-state index in [4.69, 9.17) is 5.10 Å². The molecule has 3 nitrogen and oxygen atoms in total. The summed E-state index contributed by atoms with van der Waals surface area (Å²) in [6.45, 7) is 5.55. The number of fused-ring (bicyclic) bond motifs is 1. The van der Waals surface area contributed by atoms with Gasteiger partial charge in [-0.3, -0.25) is 4.68 Å². The number of aryl methyl sites for hydroxylation is 1. The quantitative estimate of drug-likeness (QED) is 0.823. The van der Waals surface area contributed by atoms with Gasteiger partial charge in [0.25, 0.3) is 0 Å². The van der Waals surface area contributed by atoms with Crippen molar-refractivity contribution in [2.24, 2.45) is 0 Å². The molecule has 3 rings (SSSR count). The molecule has 1 aromatic rings. The van der Waals surface area contributed by atoms with Gasteiger partial charge >= 0.3 is 0 Å². The molecule has 1 aromatic heterocycles. The molecule has 1 aliphatic carbocycles. The van der Waals surface area contributed by atoms with Crippen molar-refractivity contribution in [2.45, 2.75) is 51.5 Å². The molecule has 3 heteroatoms. The number of hydrogen-bond acceptors (Lipinski definition) is 2. The Morgan fingerprint density at radius 3 is 3.06 bits per heavy atom. The summed E-state index contributed by atoms with van der Waals surface area (Å²) in [5.41, 5.74) is 4.54. The summed E-state index contributed by atoms with van der Waals surface area (Å²) < 4.78 is 2.24. The molecule has 0 unspecified atom stereocenters. The lowest BCUT2D eigenvalue weighted by Gasteiger charge is -2.21. The molecule has 1 aliphatic heterocycles. The summed E-state index contributed by atoms with van der Waals surface area (Å²) in [6, 6.07) is 0. The average molecular weight is 219 g/mol. The minimum atomic E-state index is 0.674. The smallest absolute Gasteiger partial charge is 0.0703 e. The first-order valence-electron chi connectivity index (χ1n) is 6.69. The van der Waals surface area contributed by atoms with Crippen molar-refractivity contribution in [3.05, 3.63) is 17.0 Å². The predicted molar refractivity (Wildman–Crippen MR) is 64.8 cm³/mol. The van der Waals surface area contributed by atoms with Crippen molar-refractivity contribution in [1.82, 2.24) is 15.1 Å². The maximum atomic E-state index is 4.85. The van der Waals surface area contributed by atoms with Crippen LogP contribution in [0.3, 0.4) is 0 Å². The fourth-order valence-electron chi connectivity index (χ4n) is 3.21. The Bertz CT molecular complexity index is 375. The molecule has 0 bridgehead atoms. The molecule has 1 N–H and O–H groups in total. The number of nitrogens with zero attached hydrogens (tertiary/aromatic N) is 2. The molecule has 0 spiro atoms. The summed E-state index contributed by atoms with van der Waals surface area (Å²) >= 11 is 0. The number of nitrogens with one attached hydrogen (secondary N) is 1. The summed E-state index contributed by atoms with van der Waals surface area (Å²) in [4.78, 5) is 0. The third-order valence-electron chi connectivity index (χ3n) is 4.02. The maximum Gasteiger partial charge on any atom is 0.0703 e. The van der Waals surface area contributed by atoms with E-state index in [1.165, 1.54) is 50.0 Å². The van der Waals surface area contributed by atoms with Crippen LogP contribution in [0, 0.1) is 0 Å². The lowest BCUT2D eigenvalue weighted by Crippen LogP contribution is -2.29. The minimum Gasteiger partial charge on any atom is -0.316 e. The molecule has 1 fully saturated rings. The van der Waals surface area contributed by atoms with Gasteiger partial charge in [-0.25, -0.2) is 0 Å². The minimum absolute atomic E-state index is 0.674. The van der Waals surface area contributed by atoms with E-state index in [2.05, 4.69) is 16.9 Å². The molecule has 2 heterocycles. The van der Waals surface area contributed by atoms with E-state index in [0.717, 1.165) is 13.1 Å². The van der Waals surface area contributed by atoms with Crippen LogP contribution in [0.2, 0.25) is 0 Å². The lowest BCUT2D eigenvalue weighted by atomic mass is 9.93. The largest absolute Gasteiger partial charge is 0.316 e. The highest BCUT2D eigenvalue weighted by Gasteiger charge is 2.27. The zero-order valence-corrected chi connectivity index (χ0v) is 10.1. The topological polar surface area (TPSA) is 29.9 Å². The molecule has 0 saturated carbocycles. The zero-order valence-electron chi connectivity index (χ0n) is 10.1. The second kappa shape index (κ2) is 4.21. The molecule has 0 radical (unpaired) electrons. The van der Waals surface area contributed by atoms with Crippen molar-refractivity contribution < 1.29 is 0 Å². The molecule has 16 heavy (non-hydrogen) atoms. The molecule has 1 atom stereocenters. The van der Waals surface area contributed by atoms with E-state index >= 15 is 0 Å². The van der Waals surface area contributed by atoms with E-state index in [-0.39, 0.29) is 0 Å². The highest BCUT2D eigenvalue weighted by molar-refractivity contribution is 5.33. The molecule has 0 aromatic carbocycles. The van der Waals surface area contributed by atoms with Crippen LogP contribution in [0.15, 0.2) is 0 Å². The maximum absolute atomic E-state index is 4.85. The van der Waals surface area contributed by atoms with E-state index < -0.39 is 0 Å². The molecule has 88 valence electrons. The third kappa shape index (κ3) is 1.58. The second-order valence-corrected chi connectivity index (χ2v) is 5.02. The molecular weight excluding hydrogens is 198 g/mol. The van der Waals surface area contributed by atoms with Crippen LogP contribution in [0.25, 0.3) is 0 Å². The number of aromatic nitrogens is 2. The van der Waals surface area contributed by atoms with Gasteiger partial charge in [0.05, 0.1) is 5.69 Å². The summed E-state index contributed by atoms with van der Waals surface area (Å²) in [5.74, 6) is 0.674. The first-order valence-corrected chi connectivity index (χ1v) is 6.69. The Morgan fingerprint density at radius 1 is 1.38 bits per heavy atom. The molecule has 2 aliphatic rings. The predicted octanol–water partition coefficient (Wildman–Crippen LogP) is 1.86. The molecular formula is C13H21N3. The first-order chi connectivity index (χ1) is 7.90. The Morgan fingerprint density at radius 2 is 2.31 bits per heavy atom. The Labute approximate surface area is 97.2 Å².